The Morgan fingerprint density at radius 1 is 1.31 bits per heavy atom. The first-order valence-corrected chi connectivity index (χ1v) is 10.2. The average Bonchev–Trinajstić information content (AvgIpc) is 3.33. The van der Waals surface area contributed by atoms with Crippen LogP contribution in [0.2, 0.25) is 0 Å². The molecule has 0 aromatic carbocycles. The molecule has 4 aromatic rings. The van der Waals surface area contributed by atoms with Crippen molar-refractivity contribution in [2.75, 3.05) is 10.6 Å². The number of hydrogen-bond donors (Lipinski definition) is 3. The molecule has 1 saturated carbocycles. The van der Waals surface area contributed by atoms with Crippen LogP contribution in [0.5, 0.6) is 0 Å². The Bertz CT molecular complexity index is 1180. The summed E-state index contributed by atoms with van der Waals surface area (Å²) in [6.07, 6.45) is 7.10. The van der Waals surface area contributed by atoms with E-state index < -0.39 is 5.60 Å². The van der Waals surface area contributed by atoms with E-state index in [1.165, 1.54) is 11.5 Å². The summed E-state index contributed by atoms with van der Waals surface area (Å²) in [5.41, 5.74) is 2.98. The van der Waals surface area contributed by atoms with E-state index in [1.54, 1.807) is 4.68 Å². The minimum atomic E-state index is -0.615. The summed E-state index contributed by atoms with van der Waals surface area (Å²) in [7, 11) is 1.89. The van der Waals surface area contributed by atoms with Gasteiger partial charge >= 0.3 is 0 Å². The summed E-state index contributed by atoms with van der Waals surface area (Å²) >= 11 is 1.38. The van der Waals surface area contributed by atoms with Crippen LogP contribution in [0.1, 0.15) is 25.5 Å². The minimum Gasteiger partial charge on any atom is -0.390 e. The summed E-state index contributed by atoms with van der Waals surface area (Å²) in [6, 6.07) is 4.10. The van der Waals surface area contributed by atoms with Crippen molar-refractivity contribution < 1.29 is 5.11 Å². The van der Waals surface area contributed by atoms with Crippen molar-refractivity contribution in [3.8, 4) is 5.69 Å². The quantitative estimate of drug-likeness (QED) is 0.464. The maximum atomic E-state index is 10.1. The molecule has 1 aliphatic rings. The number of hydrogen-bond acceptors (Lipinski definition) is 8. The lowest BCUT2D eigenvalue weighted by Gasteiger charge is -2.41. The lowest BCUT2D eigenvalue weighted by atomic mass is 9.77. The standard InChI is InChI=1S/C19H22N8OS/c1-11-6-15(29-25-11)23-18-22-14-4-5-27(13-9-20-26(3)10-13)16(14)17(24-18)21-12-7-19(2,28)8-12/h4-6,9-10,12,28H,7-8H2,1-3H3,(H2,21,22,23,24). The Morgan fingerprint density at radius 3 is 2.79 bits per heavy atom. The number of nitrogens with zero attached hydrogens (tertiary/aromatic N) is 6. The van der Waals surface area contributed by atoms with E-state index in [-0.39, 0.29) is 6.04 Å². The van der Waals surface area contributed by atoms with Gasteiger partial charge < -0.3 is 20.3 Å². The number of aromatic nitrogens is 6. The second-order valence-electron chi connectivity index (χ2n) is 7.89. The van der Waals surface area contributed by atoms with Crippen LogP contribution in [0, 0.1) is 6.92 Å². The molecule has 0 radical (unpaired) electrons. The Morgan fingerprint density at radius 2 is 2.14 bits per heavy atom. The van der Waals surface area contributed by atoms with E-state index in [0.29, 0.717) is 18.8 Å². The maximum Gasteiger partial charge on any atom is 0.230 e. The number of rotatable bonds is 5. The summed E-state index contributed by atoms with van der Waals surface area (Å²) in [5.74, 6) is 1.24. The smallest absolute Gasteiger partial charge is 0.230 e. The molecular weight excluding hydrogens is 388 g/mol. The summed E-state index contributed by atoms with van der Waals surface area (Å²) in [6.45, 7) is 3.81. The van der Waals surface area contributed by atoms with Crippen LogP contribution in [0.4, 0.5) is 16.8 Å². The van der Waals surface area contributed by atoms with Gasteiger partial charge in [0.25, 0.3) is 0 Å². The van der Waals surface area contributed by atoms with Gasteiger partial charge in [-0.25, -0.2) is 4.98 Å². The second kappa shape index (κ2) is 6.53. The van der Waals surface area contributed by atoms with Crippen LogP contribution in [0.15, 0.2) is 30.7 Å². The Hall–Kier alpha value is -2.98. The molecule has 4 aromatic heterocycles. The van der Waals surface area contributed by atoms with Crippen LogP contribution < -0.4 is 10.6 Å². The first kappa shape index (κ1) is 18.1. The van der Waals surface area contributed by atoms with Crippen molar-refractivity contribution in [1.82, 2.24) is 28.7 Å². The number of aliphatic hydroxyl groups is 1. The molecular formula is C19H22N8OS. The first-order valence-electron chi connectivity index (χ1n) is 9.44. The molecule has 0 bridgehead atoms. The van der Waals surface area contributed by atoms with E-state index in [2.05, 4.69) is 20.1 Å². The highest BCUT2D eigenvalue weighted by molar-refractivity contribution is 7.10. The molecule has 0 atom stereocenters. The topological polar surface area (TPSA) is 106 Å². The molecule has 1 fully saturated rings. The Labute approximate surface area is 171 Å². The van der Waals surface area contributed by atoms with Gasteiger partial charge in [-0.1, -0.05) is 0 Å². The van der Waals surface area contributed by atoms with Gasteiger partial charge in [-0.3, -0.25) is 4.68 Å². The molecule has 1 aliphatic carbocycles. The van der Waals surface area contributed by atoms with Crippen LogP contribution in [0.3, 0.4) is 0 Å². The first-order chi connectivity index (χ1) is 13.9. The highest BCUT2D eigenvalue weighted by Crippen LogP contribution is 2.36. The summed E-state index contributed by atoms with van der Waals surface area (Å²) in [4.78, 5) is 9.45. The molecule has 0 amide bonds. The van der Waals surface area contributed by atoms with Crippen molar-refractivity contribution >= 4 is 39.3 Å². The highest BCUT2D eigenvalue weighted by atomic mass is 32.1. The molecule has 3 N–H and O–H groups in total. The van der Waals surface area contributed by atoms with Gasteiger partial charge in [-0.05, 0) is 50.4 Å². The molecule has 10 heteroatoms. The number of anilines is 3. The zero-order valence-electron chi connectivity index (χ0n) is 16.4. The molecule has 29 heavy (non-hydrogen) atoms. The fraction of sp³-hybridized carbons (Fsp3) is 0.368. The van der Waals surface area contributed by atoms with Crippen molar-refractivity contribution in [1.29, 1.82) is 0 Å². The van der Waals surface area contributed by atoms with Crippen LogP contribution in [-0.2, 0) is 7.05 Å². The van der Waals surface area contributed by atoms with Crippen molar-refractivity contribution in [2.45, 2.75) is 38.3 Å². The molecule has 4 heterocycles. The SMILES string of the molecule is Cc1cc(Nc2nc(NC3CC(C)(O)C3)c3c(ccn3-c3cnn(C)c3)n2)sn1. The lowest BCUT2D eigenvalue weighted by molar-refractivity contribution is -0.0234. The third-order valence-corrected chi connectivity index (χ3v) is 5.87. The number of aryl methyl sites for hydroxylation is 2. The molecule has 0 aliphatic heterocycles. The lowest BCUT2D eigenvalue weighted by Crippen LogP contribution is -2.48. The highest BCUT2D eigenvalue weighted by Gasteiger charge is 2.38. The van der Waals surface area contributed by atoms with Crippen molar-refractivity contribution in [3.63, 3.8) is 0 Å². The van der Waals surface area contributed by atoms with Gasteiger partial charge in [0, 0.05) is 25.5 Å². The molecule has 9 nitrogen and oxygen atoms in total. The normalized spacial score (nSPS) is 21.3. The Balaban J connectivity index is 1.56. The molecule has 5 rings (SSSR count). The number of nitrogens with one attached hydrogen (secondary N) is 2. The van der Waals surface area contributed by atoms with Crippen molar-refractivity contribution in [3.05, 3.63) is 36.4 Å². The van der Waals surface area contributed by atoms with Gasteiger partial charge in [0.05, 0.1) is 28.7 Å². The van der Waals surface area contributed by atoms with Crippen LogP contribution in [-0.4, -0.2) is 45.4 Å². The maximum absolute atomic E-state index is 10.1. The summed E-state index contributed by atoms with van der Waals surface area (Å²) in [5, 5.41) is 22.0. The Kier molecular flexibility index (Phi) is 4.07. The van der Waals surface area contributed by atoms with E-state index >= 15 is 0 Å². The van der Waals surface area contributed by atoms with Gasteiger partial charge in [0.15, 0.2) is 5.82 Å². The van der Waals surface area contributed by atoms with Crippen molar-refractivity contribution in [2.24, 2.45) is 7.05 Å². The fourth-order valence-corrected chi connectivity index (χ4v) is 4.44. The zero-order chi connectivity index (χ0) is 20.2. The number of fused-ring (bicyclic) bond motifs is 1. The van der Waals surface area contributed by atoms with Gasteiger partial charge in [0.2, 0.25) is 5.95 Å². The molecule has 0 spiro atoms. The minimum absolute atomic E-state index is 0.166. The summed E-state index contributed by atoms with van der Waals surface area (Å²) < 4.78 is 8.09. The van der Waals surface area contributed by atoms with E-state index in [4.69, 9.17) is 9.97 Å². The molecule has 0 saturated heterocycles. The zero-order valence-corrected chi connectivity index (χ0v) is 17.2. The average molecular weight is 411 g/mol. The largest absolute Gasteiger partial charge is 0.390 e. The monoisotopic (exact) mass is 410 g/mol. The van der Waals surface area contributed by atoms with E-state index in [1.807, 2.05) is 56.2 Å². The molecule has 150 valence electrons. The van der Waals surface area contributed by atoms with Gasteiger partial charge in [-0.15, -0.1) is 0 Å². The van der Waals surface area contributed by atoms with E-state index in [0.717, 1.165) is 33.2 Å². The predicted octanol–water partition coefficient (Wildman–Crippen LogP) is 2.99. The third-order valence-electron chi connectivity index (χ3n) is 5.08. The third kappa shape index (κ3) is 3.45. The van der Waals surface area contributed by atoms with Gasteiger partial charge in [-0.2, -0.15) is 14.5 Å². The van der Waals surface area contributed by atoms with Gasteiger partial charge in [0.1, 0.15) is 10.5 Å². The fourth-order valence-electron chi connectivity index (χ4n) is 3.78. The predicted molar refractivity (Wildman–Crippen MR) is 113 cm³/mol. The van der Waals surface area contributed by atoms with Crippen LogP contribution in [0.25, 0.3) is 16.7 Å². The second-order valence-corrected chi connectivity index (χ2v) is 8.70. The van der Waals surface area contributed by atoms with Crippen LogP contribution >= 0.6 is 11.5 Å². The molecule has 0 unspecified atom stereocenters. The van der Waals surface area contributed by atoms with E-state index in [9.17, 15) is 5.11 Å².